The molecule has 140 valence electrons. The van der Waals surface area contributed by atoms with Gasteiger partial charge in [0.15, 0.2) is 0 Å². The lowest BCUT2D eigenvalue weighted by atomic mass is 10.1. The lowest BCUT2D eigenvalue weighted by molar-refractivity contribution is -0.116. The number of fused-ring (bicyclic) bond motifs is 1. The molecule has 27 heavy (non-hydrogen) atoms. The molecule has 0 unspecified atom stereocenters. The lowest BCUT2D eigenvalue weighted by Crippen LogP contribution is -2.16. The minimum atomic E-state index is -0.608. The Kier molecular flexibility index (Phi) is 5.20. The standard InChI is InChI=1S/C18H18N4O5/c1-26-12-5-3-11(4-6-12)19-15(23)7-8-22-9-13-16(20-21-17(13)24)14(10-22)18(25)27-2/h3-6,9-10H,7-8H2,1-2H3,(H,19,23)(H,21,24). The maximum atomic E-state index is 12.2. The highest BCUT2D eigenvalue weighted by Gasteiger charge is 2.21. The summed E-state index contributed by atoms with van der Waals surface area (Å²) in [5, 5.41) is 8.94. The molecule has 0 aromatic heterocycles. The highest BCUT2D eigenvalue weighted by Crippen LogP contribution is 2.21. The Balaban J connectivity index is 1.73. The van der Waals surface area contributed by atoms with Gasteiger partial charge in [0.2, 0.25) is 5.91 Å². The fourth-order valence-corrected chi connectivity index (χ4v) is 2.61. The van der Waals surface area contributed by atoms with E-state index in [0.717, 1.165) is 0 Å². The number of ether oxygens (including phenoxy) is 2. The summed E-state index contributed by atoms with van der Waals surface area (Å²) in [6.45, 7) is 0.270. The summed E-state index contributed by atoms with van der Waals surface area (Å²) in [4.78, 5) is 36.0. The number of H-pyrrole nitrogens is 1. The second-order valence-electron chi connectivity index (χ2n) is 5.74. The molecule has 1 aromatic rings. The average molecular weight is 370 g/mol. The Bertz CT molecular complexity index is 990. The number of aromatic nitrogens is 3. The van der Waals surface area contributed by atoms with E-state index in [9.17, 15) is 14.4 Å². The molecule has 0 fully saturated rings. The molecular formula is C18H18N4O5. The molecule has 1 aromatic carbocycles. The van der Waals surface area contributed by atoms with Crippen molar-refractivity contribution in [2.75, 3.05) is 19.5 Å². The predicted octanol–water partition coefficient (Wildman–Crippen LogP) is 1.50. The van der Waals surface area contributed by atoms with Crippen molar-refractivity contribution in [1.82, 2.24) is 14.8 Å². The molecule has 3 rings (SSSR count). The second-order valence-corrected chi connectivity index (χ2v) is 5.74. The van der Waals surface area contributed by atoms with Crippen molar-refractivity contribution in [2.24, 2.45) is 0 Å². The van der Waals surface area contributed by atoms with Crippen LogP contribution in [0.5, 0.6) is 5.75 Å². The zero-order valence-electron chi connectivity index (χ0n) is 14.8. The van der Waals surface area contributed by atoms with Crippen LogP contribution in [0.15, 0.2) is 41.5 Å². The van der Waals surface area contributed by atoms with Gasteiger partial charge in [-0.25, -0.2) is 9.89 Å². The first kappa shape index (κ1) is 18.2. The number of benzene rings is 1. The van der Waals surface area contributed by atoms with Crippen LogP contribution in [0.2, 0.25) is 0 Å². The van der Waals surface area contributed by atoms with Gasteiger partial charge in [-0.15, -0.1) is 0 Å². The van der Waals surface area contributed by atoms with Crippen LogP contribution in [-0.4, -0.2) is 40.9 Å². The number of rotatable bonds is 6. The third kappa shape index (κ3) is 3.97. The number of aryl methyl sites for hydroxylation is 1. The molecule has 0 saturated heterocycles. The van der Waals surface area contributed by atoms with Crippen molar-refractivity contribution in [1.29, 1.82) is 0 Å². The van der Waals surface area contributed by atoms with Gasteiger partial charge in [0.1, 0.15) is 17.0 Å². The van der Waals surface area contributed by atoms with Crippen LogP contribution in [0, 0.1) is 0 Å². The molecule has 0 atom stereocenters. The van der Waals surface area contributed by atoms with Gasteiger partial charge in [0.05, 0.1) is 19.8 Å². The third-order valence-corrected chi connectivity index (χ3v) is 3.99. The van der Waals surface area contributed by atoms with Crippen molar-refractivity contribution in [3.8, 4) is 17.0 Å². The molecular weight excluding hydrogens is 352 g/mol. The van der Waals surface area contributed by atoms with Crippen LogP contribution in [0.25, 0.3) is 11.3 Å². The van der Waals surface area contributed by atoms with Crippen molar-refractivity contribution in [3.63, 3.8) is 0 Å². The first-order valence-corrected chi connectivity index (χ1v) is 8.12. The zero-order valence-corrected chi connectivity index (χ0v) is 14.8. The van der Waals surface area contributed by atoms with Crippen molar-refractivity contribution in [3.05, 3.63) is 52.6 Å². The second kappa shape index (κ2) is 7.73. The number of hydrogen-bond donors (Lipinski definition) is 2. The molecule has 2 aliphatic rings. The smallest absolute Gasteiger partial charge is 0.341 e. The minimum Gasteiger partial charge on any atom is -0.497 e. The van der Waals surface area contributed by atoms with Gasteiger partial charge < -0.3 is 19.4 Å². The van der Waals surface area contributed by atoms with E-state index < -0.39 is 11.5 Å². The van der Waals surface area contributed by atoms with E-state index in [1.165, 1.54) is 13.3 Å². The Morgan fingerprint density at radius 3 is 2.59 bits per heavy atom. The van der Waals surface area contributed by atoms with Gasteiger partial charge in [-0.05, 0) is 24.3 Å². The molecule has 9 heteroatoms. The monoisotopic (exact) mass is 370 g/mol. The molecule has 2 N–H and O–H groups in total. The molecule has 0 saturated carbocycles. The molecule has 2 aliphatic heterocycles. The van der Waals surface area contributed by atoms with Gasteiger partial charge in [-0.3, -0.25) is 9.59 Å². The zero-order chi connectivity index (χ0) is 19.4. The number of nitrogens with one attached hydrogen (secondary N) is 2. The van der Waals surface area contributed by atoms with E-state index >= 15 is 0 Å². The van der Waals surface area contributed by atoms with E-state index in [1.54, 1.807) is 42.1 Å². The first-order valence-electron chi connectivity index (χ1n) is 8.12. The van der Waals surface area contributed by atoms with Gasteiger partial charge in [-0.1, -0.05) is 0 Å². The van der Waals surface area contributed by atoms with Crippen LogP contribution >= 0.6 is 0 Å². The largest absolute Gasteiger partial charge is 0.497 e. The van der Waals surface area contributed by atoms with Gasteiger partial charge >= 0.3 is 5.97 Å². The molecule has 0 radical (unpaired) electrons. The SMILES string of the molecule is COC(=O)c1cn(CCC(=O)Nc2ccc(OC)cc2)cc2c(=O)[nH]nc1-2. The lowest BCUT2D eigenvalue weighted by Gasteiger charge is -2.12. The van der Waals surface area contributed by atoms with Gasteiger partial charge in [-0.2, -0.15) is 5.10 Å². The maximum Gasteiger partial charge on any atom is 0.341 e. The van der Waals surface area contributed by atoms with E-state index in [0.29, 0.717) is 11.4 Å². The van der Waals surface area contributed by atoms with Gasteiger partial charge in [0.25, 0.3) is 5.56 Å². The highest BCUT2D eigenvalue weighted by molar-refractivity contribution is 5.96. The van der Waals surface area contributed by atoms with Crippen molar-refractivity contribution in [2.45, 2.75) is 13.0 Å². The molecule has 0 bridgehead atoms. The summed E-state index contributed by atoms with van der Waals surface area (Å²) in [5.41, 5.74) is 0.892. The minimum absolute atomic E-state index is 0.148. The van der Waals surface area contributed by atoms with E-state index in [2.05, 4.69) is 15.5 Å². The number of amides is 1. The Hall–Kier alpha value is -3.62. The van der Waals surface area contributed by atoms with Crippen LogP contribution in [0.3, 0.4) is 0 Å². The third-order valence-electron chi connectivity index (χ3n) is 3.99. The molecule has 9 nitrogen and oxygen atoms in total. The fourth-order valence-electron chi connectivity index (χ4n) is 2.61. The predicted molar refractivity (Wildman–Crippen MR) is 97.0 cm³/mol. The van der Waals surface area contributed by atoms with Crippen LogP contribution in [0.4, 0.5) is 5.69 Å². The van der Waals surface area contributed by atoms with Crippen LogP contribution < -0.4 is 15.6 Å². The number of aromatic amines is 1. The highest BCUT2D eigenvalue weighted by atomic mass is 16.5. The Morgan fingerprint density at radius 1 is 1.19 bits per heavy atom. The Morgan fingerprint density at radius 2 is 1.93 bits per heavy atom. The van der Waals surface area contributed by atoms with Crippen molar-refractivity contribution >= 4 is 17.6 Å². The average Bonchev–Trinajstić information content (AvgIpc) is 3.06. The number of pyridine rings is 1. The summed E-state index contributed by atoms with van der Waals surface area (Å²) in [6.07, 6.45) is 3.21. The number of hydrogen-bond acceptors (Lipinski definition) is 6. The summed E-state index contributed by atoms with van der Waals surface area (Å²) in [5.74, 6) is -0.119. The Labute approximate surface area is 154 Å². The van der Waals surface area contributed by atoms with Crippen LogP contribution in [-0.2, 0) is 16.1 Å². The van der Waals surface area contributed by atoms with Gasteiger partial charge in [0, 0.05) is 31.0 Å². The summed E-state index contributed by atoms with van der Waals surface area (Å²) in [6, 6.07) is 6.96. The van der Waals surface area contributed by atoms with Crippen LogP contribution in [0.1, 0.15) is 16.8 Å². The topological polar surface area (TPSA) is 115 Å². The van der Waals surface area contributed by atoms with E-state index in [-0.39, 0.29) is 35.7 Å². The first-order chi connectivity index (χ1) is 13.0. The normalized spacial score (nSPS) is 10.6. The molecule has 0 aliphatic carbocycles. The number of anilines is 1. The number of nitrogens with zero attached hydrogens (tertiary/aromatic N) is 2. The van der Waals surface area contributed by atoms with Crippen molar-refractivity contribution < 1.29 is 19.1 Å². The summed E-state index contributed by atoms with van der Waals surface area (Å²) >= 11 is 0. The molecule has 2 heterocycles. The number of esters is 1. The molecule has 0 spiro atoms. The number of methoxy groups -OCH3 is 2. The summed E-state index contributed by atoms with van der Waals surface area (Å²) in [7, 11) is 2.82. The van der Waals surface area contributed by atoms with E-state index in [1.807, 2.05) is 0 Å². The molecule has 1 amide bonds. The summed E-state index contributed by atoms with van der Waals surface area (Å²) < 4.78 is 11.4. The maximum absolute atomic E-state index is 12.2. The number of carbonyl (C=O) groups is 2. The fraction of sp³-hybridized carbons (Fsp3) is 0.222. The quantitative estimate of drug-likeness (QED) is 0.636. The van der Waals surface area contributed by atoms with E-state index in [4.69, 9.17) is 9.47 Å². The number of carbonyl (C=O) groups excluding carboxylic acids is 2.